The number of rotatable bonds is 6. The minimum atomic E-state index is 0.142. The average molecular weight is 209 g/mol. The second-order valence-corrected chi connectivity index (χ2v) is 3.69. The second-order valence-electron chi connectivity index (χ2n) is 3.69. The van der Waals surface area contributed by atoms with Crippen LogP contribution in [0.5, 0.6) is 5.88 Å². The molecule has 0 radical (unpaired) electrons. The molecule has 0 saturated heterocycles. The fraction of sp³-hybridized carbons (Fsp3) is 0.636. The maximum Gasteiger partial charge on any atom is 0.232 e. The summed E-state index contributed by atoms with van der Waals surface area (Å²) in [6.07, 6.45) is 4.69. The minimum absolute atomic E-state index is 0.142. The Balaban J connectivity index is 2.42. The van der Waals surface area contributed by atoms with Crippen molar-refractivity contribution in [2.24, 2.45) is 0 Å². The first-order valence-electron chi connectivity index (χ1n) is 5.40. The third kappa shape index (κ3) is 4.74. The summed E-state index contributed by atoms with van der Waals surface area (Å²) < 4.78 is 5.40. The van der Waals surface area contributed by atoms with Crippen LogP contribution >= 0.6 is 0 Å². The molecule has 0 fully saturated rings. The molecule has 1 aromatic rings. The number of nitrogens with zero attached hydrogens (tertiary/aromatic N) is 2. The summed E-state index contributed by atoms with van der Waals surface area (Å²) in [6, 6.07) is 0. The number of nitrogens with one attached hydrogen (secondary N) is 1. The predicted molar refractivity (Wildman–Crippen MR) is 59.8 cm³/mol. The molecule has 1 heterocycles. The van der Waals surface area contributed by atoms with Crippen LogP contribution in [0.25, 0.3) is 0 Å². The van der Waals surface area contributed by atoms with E-state index in [4.69, 9.17) is 4.74 Å². The fourth-order valence-electron chi connectivity index (χ4n) is 1.13. The Kier molecular flexibility index (Phi) is 5.04. The first-order chi connectivity index (χ1) is 7.22. The van der Waals surface area contributed by atoms with E-state index in [2.05, 4.69) is 22.2 Å². The maximum absolute atomic E-state index is 5.40. The van der Waals surface area contributed by atoms with Gasteiger partial charge in [0.05, 0.1) is 24.2 Å². The third-order valence-corrected chi connectivity index (χ3v) is 1.77. The van der Waals surface area contributed by atoms with Crippen LogP contribution in [0.15, 0.2) is 12.4 Å². The lowest BCUT2D eigenvalue weighted by Gasteiger charge is -2.08. The molecule has 1 rings (SSSR count). The maximum atomic E-state index is 5.40. The van der Waals surface area contributed by atoms with Gasteiger partial charge in [0.2, 0.25) is 5.88 Å². The summed E-state index contributed by atoms with van der Waals surface area (Å²) in [5.41, 5.74) is 0.944. The summed E-state index contributed by atoms with van der Waals surface area (Å²) in [5.74, 6) is 0.587. The molecule has 0 unspecified atom stereocenters. The highest BCUT2D eigenvalue weighted by atomic mass is 16.5. The molecule has 4 nitrogen and oxygen atoms in total. The number of aromatic nitrogens is 2. The van der Waals surface area contributed by atoms with Gasteiger partial charge < -0.3 is 10.1 Å². The van der Waals surface area contributed by atoms with E-state index in [1.165, 1.54) is 0 Å². The monoisotopic (exact) mass is 209 g/mol. The van der Waals surface area contributed by atoms with Crippen LogP contribution in [-0.2, 0) is 6.54 Å². The van der Waals surface area contributed by atoms with Crippen molar-refractivity contribution in [3.8, 4) is 5.88 Å². The summed E-state index contributed by atoms with van der Waals surface area (Å²) in [4.78, 5) is 8.43. The molecule has 0 saturated carbocycles. The SMILES string of the molecule is CCCNCc1cnc(OC(C)C)cn1. The molecule has 84 valence electrons. The van der Waals surface area contributed by atoms with Crippen LogP contribution in [-0.4, -0.2) is 22.6 Å². The van der Waals surface area contributed by atoms with Crippen LogP contribution in [0.2, 0.25) is 0 Å². The zero-order chi connectivity index (χ0) is 11.1. The first-order valence-corrected chi connectivity index (χ1v) is 5.40. The van der Waals surface area contributed by atoms with Crippen LogP contribution in [0.1, 0.15) is 32.9 Å². The topological polar surface area (TPSA) is 47.0 Å². The lowest BCUT2D eigenvalue weighted by Crippen LogP contribution is -2.15. The normalized spacial score (nSPS) is 10.7. The Morgan fingerprint density at radius 2 is 2.13 bits per heavy atom. The molecule has 4 heteroatoms. The van der Waals surface area contributed by atoms with Gasteiger partial charge in [-0.05, 0) is 26.8 Å². The van der Waals surface area contributed by atoms with Crippen molar-refractivity contribution in [3.05, 3.63) is 18.1 Å². The number of hydrogen-bond acceptors (Lipinski definition) is 4. The molecule has 0 bridgehead atoms. The highest BCUT2D eigenvalue weighted by molar-refractivity contribution is 5.07. The highest BCUT2D eigenvalue weighted by Crippen LogP contribution is 2.06. The summed E-state index contributed by atoms with van der Waals surface area (Å²) in [5, 5.41) is 3.27. The zero-order valence-electron chi connectivity index (χ0n) is 9.66. The molecule has 0 amide bonds. The molecule has 15 heavy (non-hydrogen) atoms. The summed E-state index contributed by atoms with van der Waals surface area (Å²) >= 11 is 0. The van der Waals surface area contributed by atoms with Gasteiger partial charge in [0.1, 0.15) is 0 Å². The van der Waals surface area contributed by atoms with Gasteiger partial charge in [0, 0.05) is 6.54 Å². The lowest BCUT2D eigenvalue weighted by atomic mass is 10.4. The highest BCUT2D eigenvalue weighted by Gasteiger charge is 2.00. The summed E-state index contributed by atoms with van der Waals surface area (Å²) in [6.45, 7) is 7.85. The van der Waals surface area contributed by atoms with Crippen molar-refractivity contribution < 1.29 is 4.74 Å². The van der Waals surface area contributed by atoms with Crippen LogP contribution < -0.4 is 10.1 Å². The second kappa shape index (κ2) is 6.35. The van der Waals surface area contributed by atoms with Crippen molar-refractivity contribution in [2.45, 2.75) is 39.8 Å². The first kappa shape index (κ1) is 11.9. The van der Waals surface area contributed by atoms with Gasteiger partial charge >= 0.3 is 0 Å². The zero-order valence-corrected chi connectivity index (χ0v) is 9.66. The molecule has 0 aliphatic rings. The molecule has 0 aromatic carbocycles. The standard InChI is InChI=1S/C11H19N3O/c1-4-5-12-6-10-7-14-11(8-13-10)15-9(2)3/h7-9,12H,4-6H2,1-3H3. The number of ether oxygens (including phenoxy) is 1. The number of hydrogen-bond donors (Lipinski definition) is 1. The minimum Gasteiger partial charge on any atom is -0.474 e. The molecule has 1 aromatic heterocycles. The van der Waals surface area contributed by atoms with Gasteiger partial charge in [-0.2, -0.15) is 0 Å². The van der Waals surface area contributed by atoms with E-state index in [9.17, 15) is 0 Å². The van der Waals surface area contributed by atoms with E-state index < -0.39 is 0 Å². The van der Waals surface area contributed by atoms with Crippen molar-refractivity contribution in [1.29, 1.82) is 0 Å². The molecule has 0 aliphatic carbocycles. The van der Waals surface area contributed by atoms with Crippen LogP contribution in [0.4, 0.5) is 0 Å². The van der Waals surface area contributed by atoms with E-state index >= 15 is 0 Å². The third-order valence-electron chi connectivity index (χ3n) is 1.77. The molecular formula is C11H19N3O. The van der Waals surface area contributed by atoms with Gasteiger partial charge in [-0.15, -0.1) is 0 Å². The quantitative estimate of drug-likeness (QED) is 0.725. The summed E-state index contributed by atoms with van der Waals surface area (Å²) in [7, 11) is 0. The lowest BCUT2D eigenvalue weighted by molar-refractivity contribution is 0.231. The van der Waals surface area contributed by atoms with Crippen molar-refractivity contribution in [2.75, 3.05) is 6.54 Å². The van der Waals surface area contributed by atoms with E-state index in [-0.39, 0.29) is 6.10 Å². The molecular weight excluding hydrogens is 190 g/mol. The van der Waals surface area contributed by atoms with E-state index in [1.54, 1.807) is 12.4 Å². The van der Waals surface area contributed by atoms with E-state index in [1.807, 2.05) is 13.8 Å². The van der Waals surface area contributed by atoms with Gasteiger partial charge in [0.15, 0.2) is 0 Å². The Labute approximate surface area is 91.1 Å². The predicted octanol–water partition coefficient (Wildman–Crippen LogP) is 1.76. The Morgan fingerprint density at radius 3 is 2.67 bits per heavy atom. The Bertz CT molecular complexity index is 272. The average Bonchev–Trinajstić information content (AvgIpc) is 2.20. The molecule has 0 atom stereocenters. The van der Waals surface area contributed by atoms with Gasteiger partial charge in [-0.3, -0.25) is 4.98 Å². The van der Waals surface area contributed by atoms with Gasteiger partial charge in [-0.25, -0.2) is 4.98 Å². The fourth-order valence-corrected chi connectivity index (χ4v) is 1.13. The van der Waals surface area contributed by atoms with Crippen molar-refractivity contribution >= 4 is 0 Å². The van der Waals surface area contributed by atoms with Gasteiger partial charge in [0.25, 0.3) is 0 Å². The van der Waals surface area contributed by atoms with Crippen molar-refractivity contribution in [1.82, 2.24) is 15.3 Å². The molecule has 1 N–H and O–H groups in total. The van der Waals surface area contributed by atoms with Crippen LogP contribution in [0.3, 0.4) is 0 Å². The smallest absolute Gasteiger partial charge is 0.232 e. The Morgan fingerprint density at radius 1 is 1.33 bits per heavy atom. The molecule has 0 spiro atoms. The van der Waals surface area contributed by atoms with E-state index in [0.717, 1.165) is 25.2 Å². The Hall–Kier alpha value is -1.16. The molecule has 0 aliphatic heterocycles. The van der Waals surface area contributed by atoms with E-state index in [0.29, 0.717) is 5.88 Å². The largest absolute Gasteiger partial charge is 0.474 e. The van der Waals surface area contributed by atoms with Crippen molar-refractivity contribution in [3.63, 3.8) is 0 Å². The van der Waals surface area contributed by atoms with Crippen LogP contribution in [0, 0.1) is 0 Å². The van der Waals surface area contributed by atoms with Gasteiger partial charge in [-0.1, -0.05) is 6.92 Å².